The standard InChI is InChI=1S/C53H35N3/c1-2-14-37-29-38(26-25-36(37)13-1)53-51-24-10-9-23-50(51)52(35-56-53)49-22-8-7-21-48(49)43-31-41(46-19-5-3-17-44(46)39-15-11-27-54-33-39)30-42(32-43)47-20-6-4-18-45(47)40-16-12-28-55-34-40/h1-35H. The fourth-order valence-electron chi connectivity index (χ4n) is 8.06. The first-order valence-electron chi connectivity index (χ1n) is 18.9. The Bertz CT molecular complexity index is 2920. The van der Waals surface area contributed by atoms with Crippen molar-refractivity contribution in [3.8, 4) is 78.0 Å². The lowest BCUT2D eigenvalue weighted by molar-refractivity contribution is 1.33. The highest BCUT2D eigenvalue weighted by atomic mass is 14.7. The molecular weight excluding hydrogens is 679 g/mol. The highest BCUT2D eigenvalue weighted by Gasteiger charge is 2.18. The Hall–Kier alpha value is -7.49. The van der Waals surface area contributed by atoms with E-state index in [0.717, 1.165) is 83.4 Å². The quantitative estimate of drug-likeness (QED) is 0.165. The zero-order chi connectivity index (χ0) is 37.3. The van der Waals surface area contributed by atoms with Crippen molar-refractivity contribution in [1.29, 1.82) is 0 Å². The summed E-state index contributed by atoms with van der Waals surface area (Å²) in [5.41, 5.74) is 15.6. The lowest BCUT2D eigenvalue weighted by Gasteiger charge is -2.18. The topological polar surface area (TPSA) is 38.7 Å². The average molecular weight is 714 g/mol. The average Bonchev–Trinajstić information content (AvgIpc) is 3.29. The van der Waals surface area contributed by atoms with E-state index in [1.54, 1.807) is 0 Å². The summed E-state index contributed by atoms with van der Waals surface area (Å²) in [6.07, 6.45) is 9.59. The van der Waals surface area contributed by atoms with Crippen LogP contribution >= 0.6 is 0 Å². The van der Waals surface area contributed by atoms with Crippen molar-refractivity contribution in [1.82, 2.24) is 15.0 Å². The van der Waals surface area contributed by atoms with Gasteiger partial charge in [-0.15, -0.1) is 0 Å². The Labute approximate surface area is 326 Å². The van der Waals surface area contributed by atoms with E-state index >= 15 is 0 Å². The van der Waals surface area contributed by atoms with Crippen LogP contribution in [0.25, 0.3) is 99.6 Å². The number of fused-ring (bicyclic) bond motifs is 2. The van der Waals surface area contributed by atoms with E-state index in [-0.39, 0.29) is 0 Å². The van der Waals surface area contributed by atoms with Crippen molar-refractivity contribution < 1.29 is 0 Å². The maximum Gasteiger partial charge on any atom is 0.0780 e. The van der Waals surface area contributed by atoms with Crippen molar-refractivity contribution in [2.75, 3.05) is 0 Å². The lowest BCUT2D eigenvalue weighted by atomic mass is 9.86. The van der Waals surface area contributed by atoms with Crippen molar-refractivity contribution in [2.24, 2.45) is 0 Å². The summed E-state index contributed by atoms with van der Waals surface area (Å²) in [5, 5.41) is 4.72. The predicted octanol–water partition coefficient (Wildman–Crippen LogP) is 13.8. The molecule has 0 aliphatic rings. The molecule has 56 heavy (non-hydrogen) atoms. The highest BCUT2D eigenvalue weighted by molar-refractivity contribution is 6.06. The highest BCUT2D eigenvalue weighted by Crippen LogP contribution is 2.43. The van der Waals surface area contributed by atoms with Crippen LogP contribution < -0.4 is 0 Å². The molecule has 3 heterocycles. The van der Waals surface area contributed by atoms with Crippen molar-refractivity contribution in [2.45, 2.75) is 0 Å². The predicted molar refractivity (Wildman–Crippen MR) is 233 cm³/mol. The van der Waals surface area contributed by atoms with Gasteiger partial charge in [0.15, 0.2) is 0 Å². The third-order valence-electron chi connectivity index (χ3n) is 10.7. The second kappa shape index (κ2) is 14.4. The van der Waals surface area contributed by atoms with Crippen LogP contribution in [0, 0.1) is 0 Å². The normalized spacial score (nSPS) is 11.2. The molecule has 0 unspecified atom stereocenters. The minimum atomic E-state index is 0.982. The van der Waals surface area contributed by atoms with E-state index in [9.17, 15) is 0 Å². The van der Waals surface area contributed by atoms with Crippen LogP contribution in [0.15, 0.2) is 213 Å². The molecule has 3 nitrogen and oxygen atoms in total. The van der Waals surface area contributed by atoms with Gasteiger partial charge < -0.3 is 0 Å². The van der Waals surface area contributed by atoms with E-state index in [1.807, 2.05) is 36.9 Å². The molecule has 0 spiro atoms. The molecule has 3 heteroatoms. The van der Waals surface area contributed by atoms with Gasteiger partial charge in [-0.1, -0.05) is 146 Å². The third kappa shape index (κ3) is 6.12. The third-order valence-corrected chi connectivity index (χ3v) is 10.7. The van der Waals surface area contributed by atoms with E-state index in [0.29, 0.717) is 0 Å². The fraction of sp³-hybridized carbons (Fsp3) is 0. The van der Waals surface area contributed by atoms with E-state index in [1.165, 1.54) is 16.2 Å². The van der Waals surface area contributed by atoms with Crippen LogP contribution in [0.4, 0.5) is 0 Å². The first kappa shape index (κ1) is 33.1. The van der Waals surface area contributed by atoms with Gasteiger partial charge in [-0.2, -0.15) is 0 Å². The second-order valence-electron chi connectivity index (χ2n) is 14.0. The van der Waals surface area contributed by atoms with Gasteiger partial charge in [-0.3, -0.25) is 15.0 Å². The molecule has 3 aromatic heterocycles. The number of hydrogen-bond donors (Lipinski definition) is 0. The van der Waals surface area contributed by atoms with Crippen LogP contribution in [0.2, 0.25) is 0 Å². The molecule has 0 fully saturated rings. The van der Waals surface area contributed by atoms with Gasteiger partial charge in [-0.25, -0.2) is 0 Å². The maximum absolute atomic E-state index is 5.20. The number of pyridine rings is 3. The number of rotatable bonds is 7. The number of hydrogen-bond acceptors (Lipinski definition) is 3. The molecule has 10 rings (SSSR count). The molecule has 0 amide bonds. The number of aromatic nitrogens is 3. The molecule has 0 aliphatic heterocycles. The Kier molecular flexibility index (Phi) is 8.51. The molecule has 0 radical (unpaired) electrons. The largest absolute Gasteiger partial charge is 0.264 e. The fourth-order valence-corrected chi connectivity index (χ4v) is 8.06. The summed E-state index contributed by atoms with van der Waals surface area (Å²) < 4.78 is 0. The summed E-state index contributed by atoms with van der Waals surface area (Å²) in [6.45, 7) is 0. The zero-order valence-electron chi connectivity index (χ0n) is 30.5. The molecule has 7 aromatic carbocycles. The van der Waals surface area contributed by atoms with Crippen molar-refractivity contribution >= 4 is 21.5 Å². The molecule has 10 aromatic rings. The van der Waals surface area contributed by atoms with E-state index < -0.39 is 0 Å². The van der Waals surface area contributed by atoms with Gasteiger partial charge in [0, 0.05) is 58.6 Å². The second-order valence-corrected chi connectivity index (χ2v) is 14.0. The summed E-state index contributed by atoms with van der Waals surface area (Å²) in [5.74, 6) is 0. The number of benzene rings is 7. The van der Waals surface area contributed by atoms with E-state index in [4.69, 9.17) is 4.98 Å². The van der Waals surface area contributed by atoms with Gasteiger partial charge in [0.1, 0.15) is 0 Å². The first-order valence-corrected chi connectivity index (χ1v) is 18.9. The lowest BCUT2D eigenvalue weighted by Crippen LogP contribution is -1.94. The smallest absolute Gasteiger partial charge is 0.0780 e. The van der Waals surface area contributed by atoms with Crippen LogP contribution in [-0.2, 0) is 0 Å². The summed E-state index contributed by atoms with van der Waals surface area (Å²) in [4.78, 5) is 14.1. The Morgan fingerprint density at radius 3 is 1.29 bits per heavy atom. The summed E-state index contributed by atoms with van der Waals surface area (Å²) >= 11 is 0. The minimum absolute atomic E-state index is 0.982. The number of nitrogens with zero attached hydrogens (tertiary/aromatic N) is 3. The SMILES string of the molecule is c1cncc(-c2ccccc2-c2cc(-c3ccccc3-c3cccnc3)cc(-c3ccccc3-c3cnc(-c4ccc5ccccc5c4)c4ccccc34)c2)c1. The van der Waals surface area contributed by atoms with Crippen molar-refractivity contribution in [3.05, 3.63) is 213 Å². The van der Waals surface area contributed by atoms with Crippen LogP contribution in [0.1, 0.15) is 0 Å². The Balaban J connectivity index is 1.19. The van der Waals surface area contributed by atoms with Gasteiger partial charge in [0.25, 0.3) is 0 Å². The van der Waals surface area contributed by atoms with Crippen LogP contribution in [0.3, 0.4) is 0 Å². The molecule has 0 bridgehead atoms. The molecule has 0 atom stereocenters. The van der Waals surface area contributed by atoms with Gasteiger partial charge in [0.2, 0.25) is 0 Å². The molecular formula is C53H35N3. The molecule has 0 aliphatic carbocycles. The summed E-state index contributed by atoms with van der Waals surface area (Å²) in [6, 6.07) is 65.0. The maximum atomic E-state index is 5.20. The first-order chi connectivity index (χ1) is 27.8. The zero-order valence-corrected chi connectivity index (χ0v) is 30.5. The monoisotopic (exact) mass is 713 g/mol. The molecule has 262 valence electrons. The Morgan fingerprint density at radius 1 is 0.268 bits per heavy atom. The van der Waals surface area contributed by atoms with Crippen molar-refractivity contribution in [3.63, 3.8) is 0 Å². The minimum Gasteiger partial charge on any atom is -0.264 e. The van der Waals surface area contributed by atoms with Gasteiger partial charge in [0.05, 0.1) is 5.69 Å². The molecule has 0 saturated carbocycles. The van der Waals surface area contributed by atoms with Gasteiger partial charge >= 0.3 is 0 Å². The molecule has 0 N–H and O–H groups in total. The molecule has 0 saturated heterocycles. The van der Waals surface area contributed by atoms with Crippen LogP contribution in [-0.4, -0.2) is 15.0 Å². The van der Waals surface area contributed by atoms with E-state index in [2.05, 4.69) is 186 Å². The van der Waals surface area contributed by atoms with Gasteiger partial charge in [-0.05, 0) is 103 Å². The van der Waals surface area contributed by atoms with Crippen LogP contribution in [0.5, 0.6) is 0 Å². The summed E-state index contributed by atoms with van der Waals surface area (Å²) in [7, 11) is 0. The Morgan fingerprint density at radius 2 is 0.732 bits per heavy atom.